The van der Waals surface area contributed by atoms with Gasteiger partial charge in [0.1, 0.15) is 5.84 Å². The molecule has 0 radical (unpaired) electrons. The Morgan fingerprint density at radius 3 is 1.64 bits per heavy atom. The molecule has 0 saturated carbocycles. The van der Waals surface area contributed by atoms with E-state index in [2.05, 4.69) is 124 Å². The lowest BCUT2D eigenvalue weighted by Gasteiger charge is -2.12. The summed E-state index contributed by atoms with van der Waals surface area (Å²) < 4.78 is 4.72. The molecule has 1 atom stereocenters. The highest BCUT2D eigenvalue weighted by molar-refractivity contribution is 6.12. The average Bonchev–Trinajstić information content (AvgIpc) is 3.70. The van der Waals surface area contributed by atoms with E-state index in [4.69, 9.17) is 15.7 Å². The lowest BCUT2D eigenvalue weighted by Crippen LogP contribution is -2.14. The molecule has 0 amide bonds. The summed E-state index contributed by atoms with van der Waals surface area (Å²) in [5, 5.41) is 4.92. The van der Waals surface area contributed by atoms with Crippen LogP contribution in [0.2, 0.25) is 0 Å². The van der Waals surface area contributed by atoms with E-state index in [0.717, 1.165) is 39.1 Å². The summed E-state index contributed by atoms with van der Waals surface area (Å²) in [5.41, 5.74) is 16.2. The number of nitrogens with two attached hydrogens (primary N) is 1. The zero-order valence-corrected chi connectivity index (χ0v) is 27.3. The standard InChI is InChI=1S/C45H33N5/c46-44(32-15-3-1-4-16-32)48-45(33-17-5-2-6-18-33)47-30-31-14-13-19-34(28-31)49-42-25-12-9-22-38(42)39-29-35(26-27-43(39)49)50-40-23-10-7-20-36(40)37-21-8-11-24-41(37)50/h1-30,45H,(H2,46,48). The van der Waals surface area contributed by atoms with Crippen LogP contribution in [-0.4, -0.2) is 21.2 Å². The molecule has 0 saturated heterocycles. The Bertz CT molecular complexity index is 2660. The lowest BCUT2D eigenvalue weighted by molar-refractivity contribution is 0.781. The van der Waals surface area contributed by atoms with Gasteiger partial charge in [0, 0.05) is 44.7 Å². The number of aliphatic imine (C=N–C) groups is 2. The molecule has 50 heavy (non-hydrogen) atoms. The van der Waals surface area contributed by atoms with Gasteiger partial charge in [-0.3, -0.25) is 4.99 Å². The van der Waals surface area contributed by atoms with Crippen molar-refractivity contribution < 1.29 is 0 Å². The maximum Gasteiger partial charge on any atom is 0.167 e. The smallest absolute Gasteiger partial charge is 0.167 e. The van der Waals surface area contributed by atoms with Gasteiger partial charge in [-0.05, 0) is 59.7 Å². The van der Waals surface area contributed by atoms with Gasteiger partial charge in [-0.15, -0.1) is 0 Å². The van der Waals surface area contributed by atoms with Crippen LogP contribution in [0.25, 0.3) is 55.0 Å². The third-order valence-corrected chi connectivity index (χ3v) is 9.42. The Hall–Kier alpha value is -6.72. The Morgan fingerprint density at radius 1 is 0.480 bits per heavy atom. The summed E-state index contributed by atoms with van der Waals surface area (Å²) in [5.74, 6) is 0.455. The number of rotatable bonds is 7. The number of aromatic nitrogens is 2. The Balaban J connectivity index is 1.14. The normalized spacial score (nSPS) is 12.8. The molecule has 5 heteroatoms. The van der Waals surface area contributed by atoms with Crippen LogP contribution < -0.4 is 5.73 Å². The van der Waals surface area contributed by atoms with Crippen LogP contribution >= 0.6 is 0 Å². The van der Waals surface area contributed by atoms with Crippen LogP contribution in [0.4, 0.5) is 0 Å². The Labute approximate surface area is 289 Å². The second-order valence-electron chi connectivity index (χ2n) is 12.5. The highest BCUT2D eigenvalue weighted by Crippen LogP contribution is 2.37. The van der Waals surface area contributed by atoms with E-state index >= 15 is 0 Å². The number of amidine groups is 1. The number of hydrogen-bond acceptors (Lipinski definition) is 2. The van der Waals surface area contributed by atoms with E-state index in [9.17, 15) is 0 Å². The summed E-state index contributed by atoms with van der Waals surface area (Å²) in [6.45, 7) is 0. The van der Waals surface area contributed by atoms with Crippen LogP contribution in [0.1, 0.15) is 22.9 Å². The van der Waals surface area contributed by atoms with Crippen molar-refractivity contribution >= 4 is 55.7 Å². The topological polar surface area (TPSA) is 60.6 Å². The molecule has 5 nitrogen and oxygen atoms in total. The first-order valence-corrected chi connectivity index (χ1v) is 16.8. The second kappa shape index (κ2) is 12.4. The van der Waals surface area contributed by atoms with Gasteiger partial charge in [0.15, 0.2) is 6.17 Å². The Kier molecular flexibility index (Phi) is 7.29. The second-order valence-corrected chi connectivity index (χ2v) is 12.5. The van der Waals surface area contributed by atoms with Gasteiger partial charge in [0.25, 0.3) is 0 Å². The zero-order chi connectivity index (χ0) is 33.4. The van der Waals surface area contributed by atoms with E-state index in [1.54, 1.807) is 0 Å². The predicted molar refractivity (Wildman–Crippen MR) is 209 cm³/mol. The van der Waals surface area contributed by atoms with Crippen LogP contribution in [0.15, 0.2) is 186 Å². The maximum absolute atomic E-state index is 6.46. The van der Waals surface area contributed by atoms with E-state index in [1.165, 1.54) is 32.6 Å². The number of benzene rings is 7. The summed E-state index contributed by atoms with van der Waals surface area (Å²) in [7, 11) is 0. The number of hydrogen-bond donors (Lipinski definition) is 1. The van der Waals surface area contributed by atoms with Gasteiger partial charge in [-0.1, -0.05) is 127 Å². The first kappa shape index (κ1) is 29.4. The largest absolute Gasteiger partial charge is 0.383 e. The van der Waals surface area contributed by atoms with Gasteiger partial charge in [-0.2, -0.15) is 0 Å². The van der Waals surface area contributed by atoms with Crippen molar-refractivity contribution in [3.05, 3.63) is 193 Å². The molecule has 2 heterocycles. The molecule has 0 spiro atoms. The van der Waals surface area contributed by atoms with Gasteiger partial charge in [-0.25, -0.2) is 4.99 Å². The van der Waals surface area contributed by atoms with Gasteiger partial charge in [0.2, 0.25) is 0 Å². The molecular weight excluding hydrogens is 611 g/mol. The van der Waals surface area contributed by atoms with Crippen molar-refractivity contribution in [2.24, 2.45) is 15.7 Å². The van der Waals surface area contributed by atoms with Crippen molar-refractivity contribution in [2.75, 3.05) is 0 Å². The fourth-order valence-corrected chi connectivity index (χ4v) is 7.11. The lowest BCUT2D eigenvalue weighted by atomic mass is 10.1. The fourth-order valence-electron chi connectivity index (χ4n) is 7.11. The minimum Gasteiger partial charge on any atom is -0.383 e. The summed E-state index contributed by atoms with van der Waals surface area (Å²) >= 11 is 0. The fraction of sp³-hybridized carbons (Fsp3) is 0.0222. The van der Waals surface area contributed by atoms with E-state index in [-0.39, 0.29) is 0 Å². The molecule has 0 aliphatic rings. The molecule has 2 N–H and O–H groups in total. The van der Waals surface area contributed by atoms with Crippen molar-refractivity contribution in [1.29, 1.82) is 0 Å². The summed E-state index contributed by atoms with van der Waals surface area (Å²) in [6.07, 6.45) is 1.42. The molecule has 2 aromatic heterocycles. The number of fused-ring (bicyclic) bond motifs is 6. The molecule has 0 fully saturated rings. The van der Waals surface area contributed by atoms with Crippen LogP contribution in [0, 0.1) is 0 Å². The van der Waals surface area contributed by atoms with Gasteiger partial charge in [0.05, 0.1) is 22.1 Å². The molecule has 9 rings (SSSR count). The van der Waals surface area contributed by atoms with Gasteiger partial charge >= 0.3 is 0 Å². The van der Waals surface area contributed by atoms with Crippen molar-refractivity contribution in [1.82, 2.24) is 9.13 Å². The molecule has 7 aromatic carbocycles. The predicted octanol–water partition coefficient (Wildman–Crippen LogP) is 10.4. The highest BCUT2D eigenvalue weighted by Gasteiger charge is 2.16. The average molecular weight is 644 g/mol. The first-order valence-electron chi connectivity index (χ1n) is 16.8. The SMILES string of the molecule is NC(=NC(N=Cc1cccc(-n2c3ccccc3c3cc(-n4c5ccccc5c5ccccc54)ccc32)c1)c1ccccc1)c1ccccc1. The van der Waals surface area contributed by atoms with E-state index in [1.807, 2.05) is 66.9 Å². The molecular formula is C45H33N5. The van der Waals surface area contributed by atoms with Crippen molar-refractivity contribution in [3.8, 4) is 11.4 Å². The molecule has 9 aromatic rings. The number of para-hydroxylation sites is 3. The van der Waals surface area contributed by atoms with Crippen LogP contribution in [0.3, 0.4) is 0 Å². The highest BCUT2D eigenvalue weighted by atomic mass is 15.0. The van der Waals surface area contributed by atoms with Crippen LogP contribution in [0.5, 0.6) is 0 Å². The molecule has 0 bridgehead atoms. The molecule has 238 valence electrons. The quantitative estimate of drug-likeness (QED) is 0.136. The Morgan fingerprint density at radius 2 is 1.00 bits per heavy atom. The van der Waals surface area contributed by atoms with E-state index < -0.39 is 6.17 Å². The molecule has 0 aliphatic heterocycles. The third kappa shape index (κ3) is 5.13. The zero-order valence-electron chi connectivity index (χ0n) is 27.3. The minimum atomic E-state index is -0.479. The third-order valence-electron chi connectivity index (χ3n) is 9.42. The van der Waals surface area contributed by atoms with Gasteiger partial charge < -0.3 is 14.9 Å². The van der Waals surface area contributed by atoms with Crippen molar-refractivity contribution in [3.63, 3.8) is 0 Å². The van der Waals surface area contributed by atoms with Crippen molar-refractivity contribution in [2.45, 2.75) is 6.17 Å². The molecule has 0 aliphatic carbocycles. The minimum absolute atomic E-state index is 0.455. The van der Waals surface area contributed by atoms with Crippen LogP contribution in [-0.2, 0) is 0 Å². The first-order chi connectivity index (χ1) is 24.7. The summed E-state index contributed by atoms with van der Waals surface area (Å²) in [4.78, 5) is 9.80. The maximum atomic E-state index is 6.46. The monoisotopic (exact) mass is 643 g/mol. The molecule has 1 unspecified atom stereocenters. The van der Waals surface area contributed by atoms with E-state index in [0.29, 0.717) is 5.84 Å². The number of nitrogens with zero attached hydrogens (tertiary/aromatic N) is 4. The summed E-state index contributed by atoms with van der Waals surface area (Å²) in [6, 6.07) is 61.2.